The number of epoxide rings is 1. The fourth-order valence-corrected chi connectivity index (χ4v) is 8.15. The Hall–Kier alpha value is -1.16. The number of rotatable bonds is 3. The van der Waals surface area contributed by atoms with E-state index in [1.807, 2.05) is 6.08 Å². The molecule has 0 aromatic heterocycles. The van der Waals surface area contributed by atoms with Gasteiger partial charge in [-0.1, -0.05) is 20.8 Å². The van der Waals surface area contributed by atoms with Gasteiger partial charge < -0.3 is 9.47 Å². The molecule has 2 unspecified atom stereocenters. The van der Waals surface area contributed by atoms with Crippen LogP contribution >= 0.6 is 0 Å². The van der Waals surface area contributed by atoms with Gasteiger partial charge in [-0.2, -0.15) is 0 Å². The van der Waals surface area contributed by atoms with Crippen LogP contribution < -0.4 is 0 Å². The summed E-state index contributed by atoms with van der Waals surface area (Å²) in [6, 6.07) is 0. The molecule has 0 amide bonds. The van der Waals surface area contributed by atoms with Gasteiger partial charge >= 0.3 is 5.97 Å². The molecule has 0 spiro atoms. The van der Waals surface area contributed by atoms with E-state index in [2.05, 4.69) is 20.8 Å². The summed E-state index contributed by atoms with van der Waals surface area (Å²) in [6.45, 7) is 9.24. The molecule has 0 N–H and O–H groups in total. The van der Waals surface area contributed by atoms with Gasteiger partial charge in [-0.05, 0) is 84.2 Å². The van der Waals surface area contributed by atoms with E-state index in [4.69, 9.17) is 9.47 Å². The monoisotopic (exact) mass is 386 g/mol. The van der Waals surface area contributed by atoms with Crippen molar-refractivity contribution in [2.24, 2.45) is 40.4 Å². The van der Waals surface area contributed by atoms with Gasteiger partial charge in [0.05, 0.1) is 12.7 Å². The van der Waals surface area contributed by atoms with Gasteiger partial charge in [-0.25, -0.2) is 0 Å². The van der Waals surface area contributed by atoms with Crippen LogP contribution in [0.3, 0.4) is 0 Å². The van der Waals surface area contributed by atoms with Gasteiger partial charge in [-0.3, -0.25) is 9.59 Å². The maximum absolute atomic E-state index is 12.1. The highest BCUT2D eigenvalue weighted by atomic mass is 16.6. The lowest BCUT2D eigenvalue weighted by atomic mass is 9.46. The average Bonchev–Trinajstić information content (AvgIpc) is 3.35. The summed E-state index contributed by atoms with van der Waals surface area (Å²) in [5.41, 5.74) is 1.79. The summed E-state index contributed by atoms with van der Waals surface area (Å²) >= 11 is 0. The first kappa shape index (κ1) is 18.8. The Kier molecular flexibility index (Phi) is 4.15. The van der Waals surface area contributed by atoms with Crippen molar-refractivity contribution in [3.05, 3.63) is 11.6 Å². The molecule has 4 heteroatoms. The van der Waals surface area contributed by atoms with E-state index in [9.17, 15) is 9.59 Å². The van der Waals surface area contributed by atoms with E-state index in [0.717, 1.165) is 6.42 Å². The third-order valence-corrected chi connectivity index (χ3v) is 9.54. The fraction of sp³-hybridized carbons (Fsp3) is 0.833. The van der Waals surface area contributed by atoms with Crippen LogP contribution in [0.2, 0.25) is 0 Å². The largest absolute Gasteiger partial charge is 0.466 e. The van der Waals surface area contributed by atoms with Crippen LogP contribution in [0.1, 0.15) is 66.2 Å². The van der Waals surface area contributed by atoms with Gasteiger partial charge in [0.25, 0.3) is 0 Å². The lowest BCUT2D eigenvalue weighted by Gasteiger charge is -2.57. The van der Waals surface area contributed by atoms with E-state index >= 15 is 0 Å². The molecule has 5 rings (SSSR count). The summed E-state index contributed by atoms with van der Waals surface area (Å²) < 4.78 is 11.6. The zero-order chi connectivity index (χ0) is 19.8. The molecule has 1 heterocycles. The molecule has 4 aliphatic carbocycles. The van der Waals surface area contributed by atoms with E-state index in [1.54, 1.807) is 0 Å². The second-order valence-corrected chi connectivity index (χ2v) is 10.8. The number of ketones is 1. The Bertz CT molecular complexity index is 741. The van der Waals surface area contributed by atoms with Crippen LogP contribution in [0, 0.1) is 40.4 Å². The van der Waals surface area contributed by atoms with Crippen molar-refractivity contribution in [1.29, 1.82) is 0 Å². The molecule has 1 saturated heterocycles. The number of hydrogen-bond donors (Lipinski definition) is 0. The molecule has 3 saturated carbocycles. The molecule has 0 aromatic rings. The van der Waals surface area contributed by atoms with E-state index < -0.39 is 0 Å². The summed E-state index contributed by atoms with van der Waals surface area (Å²) in [4.78, 5) is 23.4. The zero-order valence-electron chi connectivity index (χ0n) is 17.7. The number of esters is 1. The minimum Gasteiger partial charge on any atom is -0.466 e. The molecular formula is C24H34O4. The standard InChI is InChI=1S/C24H34O4/c1-13(12-27-14(2)25)16-5-6-17-20-18(8-10-23(16,17)3)24(4)9-7-15(26)11-19(24)21-22(20)28-21/h11,13,16-18,20-22H,5-10,12H2,1-4H3/t13-,16-,17+,18+,20+,21?,22?,23-,24-/m1/s1. The van der Waals surface area contributed by atoms with Crippen molar-refractivity contribution >= 4 is 11.8 Å². The molecule has 0 bridgehead atoms. The van der Waals surface area contributed by atoms with Crippen LogP contribution in [-0.4, -0.2) is 30.6 Å². The van der Waals surface area contributed by atoms with Crippen molar-refractivity contribution in [1.82, 2.24) is 0 Å². The van der Waals surface area contributed by atoms with Gasteiger partial charge in [0.15, 0.2) is 5.78 Å². The van der Waals surface area contributed by atoms with Gasteiger partial charge in [0, 0.05) is 13.3 Å². The van der Waals surface area contributed by atoms with Crippen LogP contribution in [-0.2, 0) is 19.1 Å². The minimum absolute atomic E-state index is 0.152. The van der Waals surface area contributed by atoms with Crippen LogP contribution in [0.25, 0.3) is 0 Å². The van der Waals surface area contributed by atoms with Crippen molar-refractivity contribution in [3.63, 3.8) is 0 Å². The number of carbonyl (C=O) groups excluding carboxylic acids is 2. The Morgan fingerprint density at radius 3 is 2.79 bits per heavy atom. The van der Waals surface area contributed by atoms with E-state index in [0.29, 0.717) is 59.9 Å². The summed E-state index contributed by atoms with van der Waals surface area (Å²) in [6.07, 6.45) is 9.18. The van der Waals surface area contributed by atoms with Gasteiger partial charge in [-0.15, -0.1) is 0 Å². The second-order valence-electron chi connectivity index (χ2n) is 10.8. The first-order chi connectivity index (χ1) is 13.3. The summed E-state index contributed by atoms with van der Waals surface area (Å²) in [5, 5.41) is 0. The van der Waals surface area contributed by atoms with Crippen LogP contribution in [0.4, 0.5) is 0 Å². The normalized spacial score (nSPS) is 49.9. The molecule has 5 aliphatic rings. The Morgan fingerprint density at radius 2 is 2.04 bits per heavy atom. The van der Waals surface area contributed by atoms with Crippen molar-refractivity contribution in [2.75, 3.05) is 6.61 Å². The molecule has 4 fully saturated rings. The average molecular weight is 387 g/mol. The summed E-state index contributed by atoms with van der Waals surface area (Å²) in [7, 11) is 0. The van der Waals surface area contributed by atoms with E-state index in [1.165, 1.54) is 38.2 Å². The topological polar surface area (TPSA) is 55.9 Å². The third kappa shape index (κ3) is 2.52. The lowest BCUT2D eigenvalue weighted by molar-refractivity contribution is -0.143. The van der Waals surface area contributed by atoms with Gasteiger partial charge in [0.1, 0.15) is 6.10 Å². The SMILES string of the molecule is CC(=O)OC[C@@H](C)[C@H]1CC[C@H]2[C@@H]3C4OC4C4=CC(=O)CC[C@]4(C)[C@H]3CC[C@]12C. The van der Waals surface area contributed by atoms with Crippen molar-refractivity contribution in [2.45, 2.75) is 78.4 Å². The van der Waals surface area contributed by atoms with Crippen molar-refractivity contribution < 1.29 is 19.1 Å². The smallest absolute Gasteiger partial charge is 0.302 e. The molecule has 154 valence electrons. The second kappa shape index (κ2) is 6.17. The fourth-order valence-electron chi connectivity index (χ4n) is 8.15. The zero-order valence-corrected chi connectivity index (χ0v) is 17.7. The highest BCUT2D eigenvalue weighted by molar-refractivity contribution is 5.92. The van der Waals surface area contributed by atoms with Crippen molar-refractivity contribution in [3.8, 4) is 0 Å². The molecular weight excluding hydrogens is 352 g/mol. The lowest BCUT2D eigenvalue weighted by Crippen LogP contribution is -2.54. The molecule has 28 heavy (non-hydrogen) atoms. The first-order valence-corrected chi connectivity index (χ1v) is 11.3. The number of fused-ring (bicyclic) bond motifs is 8. The highest BCUT2D eigenvalue weighted by Gasteiger charge is 2.69. The quantitative estimate of drug-likeness (QED) is 0.535. The van der Waals surface area contributed by atoms with Gasteiger partial charge in [0.2, 0.25) is 0 Å². The maximum atomic E-state index is 12.1. The molecule has 0 aromatic carbocycles. The maximum Gasteiger partial charge on any atom is 0.302 e. The Labute approximate surface area is 168 Å². The third-order valence-electron chi connectivity index (χ3n) is 9.54. The van der Waals surface area contributed by atoms with Crippen LogP contribution in [0.5, 0.6) is 0 Å². The molecule has 1 aliphatic heterocycles. The molecule has 0 radical (unpaired) electrons. The Morgan fingerprint density at radius 1 is 1.25 bits per heavy atom. The summed E-state index contributed by atoms with van der Waals surface area (Å²) in [5.74, 6) is 3.13. The van der Waals surface area contributed by atoms with Crippen LogP contribution in [0.15, 0.2) is 11.6 Å². The molecule has 4 nitrogen and oxygen atoms in total. The number of ether oxygens (including phenoxy) is 2. The highest BCUT2D eigenvalue weighted by Crippen LogP contribution is 2.70. The first-order valence-electron chi connectivity index (χ1n) is 11.3. The number of carbonyl (C=O) groups is 2. The minimum atomic E-state index is -0.171. The van der Waals surface area contributed by atoms with E-state index in [-0.39, 0.29) is 17.5 Å². The molecule has 9 atom stereocenters. The number of hydrogen-bond acceptors (Lipinski definition) is 4. The predicted molar refractivity (Wildman–Crippen MR) is 105 cm³/mol. The Balaban J connectivity index is 1.42. The predicted octanol–water partition coefficient (Wildman–Crippen LogP) is 4.32.